The summed E-state index contributed by atoms with van der Waals surface area (Å²) in [5.74, 6) is 0.286. The van der Waals surface area contributed by atoms with Crippen molar-refractivity contribution in [2.24, 2.45) is 16.2 Å². The van der Waals surface area contributed by atoms with Crippen molar-refractivity contribution >= 4 is 68.2 Å². The van der Waals surface area contributed by atoms with E-state index in [0.29, 0.717) is 0 Å². The SMILES string of the molecule is CCC(C)(CC)C(=O)/C=C(\O)C(C)(CC)CC.Cc1[c-]c2c3ncnc4cc([Si](C)(C)C)cc(c43)n3c4cc(CC(C)(C)C)ccc4c(c1)c23.[Ir]. The molecule has 0 saturated heterocycles. The summed E-state index contributed by atoms with van der Waals surface area (Å²) in [5, 5.41) is 16.4. The van der Waals surface area contributed by atoms with E-state index >= 15 is 0 Å². The number of carbonyl (C=O) groups excluding carboxylic acids is 1. The Morgan fingerprint density at radius 3 is 2.06 bits per heavy atom. The molecule has 6 rings (SSSR count). The second kappa shape index (κ2) is 14.7. The quantitative estimate of drug-likeness (QED) is 0.0392. The summed E-state index contributed by atoms with van der Waals surface area (Å²) in [6, 6.07) is 17.7. The Morgan fingerprint density at radius 2 is 1.49 bits per heavy atom. The maximum atomic E-state index is 12.2. The largest absolute Gasteiger partial charge is 0.512 e. The number of carbonyl (C=O) groups is 1. The zero-order chi connectivity index (χ0) is 37.0. The van der Waals surface area contributed by atoms with Crippen LogP contribution in [0.15, 0.2) is 54.6 Å². The van der Waals surface area contributed by atoms with Gasteiger partial charge in [-0.1, -0.05) is 117 Å². The molecule has 7 heteroatoms. The Bertz CT molecular complexity index is 2230. The minimum absolute atomic E-state index is 0. The first-order chi connectivity index (χ1) is 23.3. The van der Waals surface area contributed by atoms with Crippen molar-refractivity contribution in [1.29, 1.82) is 0 Å². The second-order valence-electron chi connectivity index (χ2n) is 17.3. The minimum atomic E-state index is -1.55. The number of rotatable bonds is 9. The zero-order valence-electron chi connectivity index (χ0n) is 33.2. The molecule has 0 aliphatic heterocycles. The number of aromatic nitrogens is 3. The average molecular weight is 881 g/mol. The summed E-state index contributed by atoms with van der Waals surface area (Å²) in [7, 11) is -1.55. The van der Waals surface area contributed by atoms with E-state index in [2.05, 4.69) is 94.2 Å². The van der Waals surface area contributed by atoms with Gasteiger partial charge in [-0.15, -0.1) is 17.7 Å². The standard InChI is InChI=1S/C29H30N3Si.C15H28O2.Ir/c1-17-10-21-20-9-8-18(15-29(2,3)4)12-24(20)32-25-14-19(33(5,6)7)13-23-26(25)27(31-16-30-23)22(11-17)28(21)32;1-7-14(5,8-2)12(16)11-13(17)15(6,9-3)10-4;/h8-10,12-14,16H,15H2,1-7H3;11,16H,7-10H2,1-6H3;/q-1;;/b;12-11-;. The van der Waals surface area contributed by atoms with Gasteiger partial charge in [-0.2, -0.15) is 0 Å². The van der Waals surface area contributed by atoms with Crippen molar-refractivity contribution in [3.05, 3.63) is 71.8 Å². The van der Waals surface area contributed by atoms with E-state index in [-0.39, 0.29) is 47.9 Å². The summed E-state index contributed by atoms with van der Waals surface area (Å²) >= 11 is 0. The van der Waals surface area contributed by atoms with Gasteiger partial charge in [0, 0.05) is 58.9 Å². The molecule has 0 aliphatic carbocycles. The van der Waals surface area contributed by atoms with Crippen molar-refractivity contribution in [1.82, 2.24) is 14.4 Å². The van der Waals surface area contributed by atoms with Crippen LogP contribution < -0.4 is 5.19 Å². The van der Waals surface area contributed by atoms with Crippen LogP contribution in [0.2, 0.25) is 19.6 Å². The minimum Gasteiger partial charge on any atom is -0.512 e. The molecule has 0 saturated carbocycles. The number of hydrogen-bond acceptors (Lipinski definition) is 4. The van der Waals surface area contributed by atoms with Crippen molar-refractivity contribution < 1.29 is 30.0 Å². The van der Waals surface area contributed by atoms with Gasteiger partial charge in [0.2, 0.25) is 0 Å². The fourth-order valence-corrected chi connectivity index (χ4v) is 8.20. The number of fused-ring (bicyclic) bond motifs is 5. The number of ketones is 1. The van der Waals surface area contributed by atoms with Crippen LogP contribution in [0.3, 0.4) is 0 Å². The molecule has 3 aromatic heterocycles. The molecule has 0 spiro atoms. The van der Waals surface area contributed by atoms with Crippen molar-refractivity contribution in [3.8, 4) is 0 Å². The molecular weight excluding hydrogens is 823 g/mol. The van der Waals surface area contributed by atoms with Crippen LogP contribution in [0.25, 0.3) is 49.1 Å². The average Bonchev–Trinajstić information content (AvgIpc) is 3.38. The molecule has 3 heterocycles. The fourth-order valence-electron chi connectivity index (χ4n) is 7.06. The van der Waals surface area contributed by atoms with E-state index in [9.17, 15) is 9.90 Å². The van der Waals surface area contributed by atoms with E-state index in [0.717, 1.165) is 59.5 Å². The van der Waals surface area contributed by atoms with Gasteiger partial charge in [0.1, 0.15) is 12.1 Å². The summed E-state index contributed by atoms with van der Waals surface area (Å²) in [6.07, 6.45) is 7.52. The third kappa shape index (κ3) is 7.68. The summed E-state index contributed by atoms with van der Waals surface area (Å²) in [4.78, 5) is 21.7. The van der Waals surface area contributed by atoms with E-state index in [1.165, 1.54) is 44.1 Å². The topological polar surface area (TPSA) is 67.5 Å². The number of pyridine rings is 1. The first kappa shape index (κ1) is 40.6. The number of aliphatic hydroxyl groups excluding tert-OH is 1. The fraction of sp³-hybridized carbons (Fsp3) is 0.477. The third-order valence-corrected chi connectivity index (χ3v) is 13.4. The normalized spacial score (nSPS) is 13.3. The maximum absolute atomic E-state index is 12.2. The summed E-state index contributed by atoms with van der Waals surface area (Å²) in [6.45, 7) is 28.3. The van der Waals surface area contributed by atoms with Gasteiger partial charge in [0.15, 0.2) is 5.78 Å². The van der Waals surface area contributed by atoms with Crippen molar-refractivity contribution in [2.45, 2.75) is 121 Å². The molecule has 0 fully saturated rings. The molecule has 51 heavy (non-hydrogen) atoms. The van der Waals surface area contributed by atoms with Crippen LogP contribution in [0.1, 0.15) is 99.1 Å². The molecule has 1 radical (unpaired) electrons. The third-order valence-electron chi connectivity index (χ3n) is 11.4. The Hall–Kier alpha value is -3.12. The summed E-state index contributed by atoms with van der Waals surface area (Å²) in [5.41, 5.74) is 7.93. The molecule has 0 unspecified atom stereocenters. The first-order valence-corrected chi connectivity index (χ1v) is 22.1. The number of benzene rings is 3. The second-order valence-corrected chi connectivity index (χ2v) is 22.4. The van der Waals surface area contributed by atoms with Crippen molar-refractivity contribution in [3.63, 3.8) is 0 Å². The van der Waals surface area contributed by atoms with Crippen LogP contribution in [-0.2, 0) is 31.3 Å². The molecule has 1 N–H and O–H groups in total. The zero-order valence-corrected chi connectivity index (χ0v) is 36.6. The van der Waals surface area contributed by atoms with E-state index in [1.807, 2.05) is 41.5 Å². The van der Waals surface area contributed by atoms with Gasteiger partial charge < -0.3 is 9.51 Å². The van der Waals surface area contributed by atoms with Crippen LogP contribution in [0.4, 0.5) is 0 Å². The first-order valence-electron chi connectivity index (χ1n) is 18.6. The predicted octanol–water partition coefficient (Wildman–Crippen LogP) is 11.7. The van der Waals surface area contributed by atoms with Gasteiger partial charge in [-0.3, -0.25) is 9.78 Å². The molecule has 275 valence electrons. The molecule has 0 atom stereocenters. The molecule has 0 amide bonds. The Kier molecular flexibility index (Phi) is 11.7. The van der Waals surface area contributed by atoms with Crippen LogP contribution in [0, 0.1) is 29.2 Å². The Balaban J connectivity index is 0.000000279. The predicted molar refractivity (Wildman–Crippen MR) is 217 cm³/mol. The number of hydrogen-bond donors (Lipinski definition) is 1. The van der Waals surface area contributed by atoms with Gasteiger partial charge >= 0.3 is 0 Å². The number of aryl methyl sites for hydroxylation is 1. The van der Waals surface area contributed by atoms with E-state index in [4.69, 9.17) is 9.97 Å². The molecule has 0 bridgehead atoms. The monoisotopic (exact) mass is 881 g/mol. The molecular formula is C44H58IrN3O2Si-. The van der Waals surface area contributed by atoms with Gasteiger partial charge in [-0.25, -0.2) is 4.98 Å². The molecule has 3 aromatic carbocycles. The van der Waals surface area contributed by atoms with Gasteiger partial charge in [0.25, 0.3) is 0 Å². The summed E-state index contributed by atoms with van der Waals surface area (Å²) < 4.78 is 2.48. The van der Waals surface area contributed by atoms with E-state index < -0.39 is 8.07 Å². The maximum Gasteiger partial charge on any atom is 0.164 e. The van der Waals surface area contributed by atoms with Gasteiger partial charge in [-0.05, 0) is 72.2 Å². The van der Waals surface area contributed by atoms with Crippen LogP contribution in [-0.4, -0.2) is 33.3 Å². The Morgan fingerprint density at radius 1 is 0.863 bits per heavy atom. The number of nitrogens with zero attached hydrogens (tertiary/aromatic N) is 3. The molecule has 5 nitrogen and oxygen atoms in total. The smallest absolute Gasteiger partial charge is 0.164 e. The van der Waals surface area contributed by atoms with Crippen molar-refractivity contribution in [2.75, 3.05) is 0 Å². The Labute approximate surface area is 320 Å². The van der Waals surface area contributed by atoms with E-state index in [1.54, 1.807) is 6.33 Å². The van der Waals surface area contributed by atoms with Gasteiger partial charge in [0.05, 0.1) is 13.6 Å². The number of allylic oxidation sites excluding steroid dienone is 2. The number of aliphatic hydroxyl groups is 1. The van der Waals surface area contributed by atoms with Crippen LogP contribution >= 0.6 is 0 Å². The van der Waals surface area contributed by atoms with Crippen LogP contribution in [0.5, 0.6) is 0 Å². The molecule has 0 aliphatic rings. The molecule has 6 aromatic rings.